The average Bonchev–Trinajstić information content (AvgIpc) is 2.87. The van der Waals surface area contributed by atoms with E-state index >= 15 is 0 Å². The number of nitrogens with zero attached hydrogens (tertiary/aromatic N) is 3. The number of nitrogens with two attached hydrogens (primary N) is 1. The Kier molecular flexibility index (Phi) is 4.06. The Labute approximate surface area is 115 Å². The molecule has 2 aromatic rings. The monoisotopic (exact) mass is 277 g/mol. The van der Waals surface area contributed by atoms with E-state index in [-0.39, 0.29) is 11.8 Å². The minimum absolute atomic E-state index is 0.243. The van der Waals surface area contributed by atoms with Gasteiger partial charge in [0.1, 0.15) is 10.8 Å². The van der Waals surface area contributed by atoms with E-state index in [1.54, 1.807) is 12.3 Å². The number of carbonyl (C=O) groups excluding carboxylic acids is 1. The number of hydrogen-bond donors (Lipinski definition) is 2. The number of hydrogen-bond acceptors (Lipinski definition) is 6. The summed E-state index contributed by atoms with van der Waals surface area (Å²) in [5.41, 5.74) is 6.48. The van der Waals surface area contributed by atoms with Crippen molar-refractivity contribution < 1.29 is 4.79 Å². The molecular formula is C12H15N5OS. The predicted molar refractivity (Wildman–Crippen MR) is 73.8 cm³/mol. The molecule has 0 spiro atoms. The standard InChI is InChI=1S/C12H15N5OS/c1-7(2)11-16-17-12(19-11)10(18)15-6-8-4-3-5-14-9(8)13/h3-5,7H,6H2,1-2H3,(H2,13,14)(H,15,18). The Morgan fingerprint density at radius 2 is 2.26 bits per heavy atom. The molecule has 0 fully saturated rings. The number of carbonyl (C=O) groups is 1. The first kappa shape index (κ1) is 13.4. The maximum atomic E-state index is 11.9. The van der Waals surface area contributed by atoms with Crippen molar-refractivity contribution in [3.8, 4) is 0 Å². The highest BCUT2D eigenvalue weighted by Gasteiger charge is 2.14. The van der Waals surface area contributed by atoms with Crippen molar-refractivity contribution in [2.24, 2.45) is 0 Å². The third kappa shape index (κ3) is 3.25. The highest BCUT2D eigenvalue weighted by molar-refractivity contribution is 7.13. The van der Waals surface area contributed by atoms with Gasteiger partial charge in [0.25, 0.3) is 5.91 Å². The van der Waals surface area contributed by atoms with E-state index in [2.05, 4.69) is 20.5 Å². The molecule has 0 aromatic carbocycles. The highest BCUT2D eigenvalue weighted by Crippen LogP contribution is 2.18. The molecule has 0 atom stereocenters. The van der Waals surface area contributed by atoms with Gasteiger partial charge in [-0.15, -0.1) is 10.2 Å². The molecule has 19 heavy (non-hydrogen) atoms. The summed E-state index contributed by atoms with van der Waals surface area (Å²) in [6.45, 7) is 4.35. The maximum Gasteiger partial charge on any atom is 0.282 e. The quantitative estimate of drug-likeness (QED) is 0.884. The third-order valence-corrected chi connectivity index (χ3v) is 3.72. The molecule has 0 bridgehead atoms. The molecule has 6 nitrogen and oxygen atoms in total. The van der Waals surface area contributed by atoms with Gasteiger partial charge in [-0.25, -0.2) is 4.98 Å². The van der Waals surface area contributed by atoms with E-state index in [0.29, 0.717) is 17.4 Å². The van der Waals surface area contributed by atoms with Crippen LogP contribution in [0.15, 0.2) is 18.3 Å². The van der Waals surface area contributed by atoms with Gasteiger partial charge in [-0.2, -0.15) is 0 Å². The number of anilines is 1. The zero-order valence-electron chi connectivity index (χ0n) is 10.8. The van der Waals surface area contributed by atoms with Crippen LogP contribution in [-0.4, -0.2) is 21.1 Å². The fourth-order valence-corrected chi connectivity index (χ4v) is 2.17. The van der Waals surface area contributed by atoms with Crippen LogP contribution in [0.25, 0.3) is 0 Å². The summed E-state index contributed by atoms with van der Waals surface area (Å²) in [6.07, 6.45) is 1.61. The minimum Gasteiger partial charge on any atom is -0.383 e. The highest BCUT2D eigenvalue weighted by atomic mass is 32.1. The van der Waals surface area contributed by atoms with Crippen LogP contribution in [0.2, 0.25) is 0 Å². The van der Waals surface area contributed by atoms with Gasteiger partial charge in [0.2, 0.25) is 5.01 Å². The second kappa shape index (κ2) is 5.75. The van der Waals surface area contributed by atoms with Crippen LogP contribution >= 0.6 is 11.3 Å². The number of nitrogens with one attached hydrogen (secondary N) is 1. The van der Waals surface area contributed by atoms with Crippen molar-refractivity contribution in [3.05, 3.63) is 33.9 Å². The van der Waals surface area contributed by atoms with Gasteiger partial charge < -0.3 is 11.1 Å². The Morgan fingerprint density at radius 1 is 1.47 bits per heavy atom. The molecule has 0 radical (unpaired) electrons. The van der Waals surface area contributed by atoms with Crippen LogP contribution in [0.4, 0.5) is 5.82 Å². The van der Waals surface area contributed by atoms with Crippen molar-refractivity contribution in [3.63, 3.8) is 0 Å². The molecule has 0 aliphatic carbocycles. The van der Waals surface area contributed by atoms with Gasteiger partial charge in [0.05, 0.1) is 0 Å². The number of rotatable bonds is 4. The van der Waals surface area contributed by atoms with Crippen LogP contribution in [0, 0.1) is 0 Å². The molecule has 0 saturated heterocycles. The zero-order valence-corrected chi connectivity index (χ0v) is 11.6. The molecule has 0 aliphatic heterocycles. The molecule has 0 unspecified atom stereocenters. The number of amides is 1. The molecule has 2 rings (SSSR count). The summed E-state index contributed by atoms with van der Waals surface area (Å²) in [5, 5.41) is 11.8. The average molecular weight is 277 g/mol. The Bertz CT molecular complexity index is 581. The summed E-state index contributed by atoms with van der Waals surface area (Å²) in [7, 11) is 0. The minimum atomic E-state index is -0.243. The molecule has 7 heteroatoms. The summed E-state index contributed by atoms with van der Waals surface area (Å²) in [5.74, 6) is 0.448. The van der Waals surface area contributed by atoms with E-state index < -0.39 is 0 Å². The van der Waals surface area contributed by atoms with Gasteiger partial charge in [-0.05, 0) is 6.07 Å². The van der Waals surface area contributed by atoms with Gasteiger partial charge in [-0.1, -0.05) is 31.3 Å². The first-order valence-corrected chi connectivity index (χ1v) is 6.70. The van der Waals surface area contributed by atoms with Crippen molar-refractivity contribution in [1.29, 1.82) is 0 Å². The smallest absolute Gasteiger partial charge is 0.282 e. The van der Waals surface area contributed by atoms with Crippen molar-refractivity contribution in [2.75, 3.05) is 5.73 Å². The van der Waals surface area contributed by atoms with Crippen LogP contribution in [-0.2, 0) is 6.54 Å². The van der Waals surface area contributed by atoms with E-state index in [0.717, 1.165) is 10.6 Å². The molecule has 100 valence electrons. The third-order valence-electron chi connectivity index (χ3n) is 2.49. The van der Waals surface area contributed by atoms with Crippen LogP contribution in [0.3, 0.4) is 0 Å². The van der Waals surface area contributed by atoms with Gasteiger partial charge in [-0.3, -0.25) is 4.79 Å². The Balaban J connectivity index is 1.99. The fourth-order valence-electron chi connectivity index (χ4n) is 1.41. The summed E-state index contributed by atoms with van der Waals surface area (Å²) < 4.78 is 0. The number of pyridine rings is 1. The summed E-state index contributed by atoms with van der Waals surface area (Å²) in [6, 6.07) is 3.60. The first-order chi connectivity index (χ1) is 9.08. The van der Waals surface area contributed by atoms with E-state index in [1.807, 2.05) is 19.9 Å². The molecule has 1 amide bonds. The lowest BCUT2D eigenvalue weighted by molar-refractivity contribution is 0.0950. The number of aromatic nitrogens is 3. The molecule has 0 aliphatic rings. The first-order valence-electron chi connectivity index (χ1n) is 5.89. The normalized spacial score (nSPS) is 10.7. The Hall–Kier alpha value is -2.02. The van der Waals surface area contributed by atoms with E-state index in [9.17, 15) is 4.79 Å². The second-order valence-electron chi connectivity index (χ2n) is 4.33. The van der Waals surface area contributed by atoms with Crippen LogP contribution in [0.1, 0.15) is 40.1 Å². The lowest BCUT2D eigenvalue weighted by Gasteiger charge is -2.04. The molecule has 3 N–H and O–H groups in total. The summed E-state index contributed by atoms with van der Waals surface area (Å²) >= 11 is 1.31. The molecule has 0 saturated carbocycles. The lowest BCUT2D eigenvalue weighted by atomic mass is 10.2. The predicted octanol–water partition coefficient (Wildman–Crippen LogP) is 1.57. The van der Waals surface area contributed by atoms with Gasteiger partial charge in [0.15, 0.2) is 0 Å². The second-order valence-corrected chi connectivity index (χ2v) is 5.34. The van der Waals surface area contributed by atoms with Crippen molar-refractivity contribution in [2.45, 2.75) is 26.3 Å². The van der Waals surface area contributed by atoms with E-state index in [4.69, 9.17) is 5.73 Å². The molecule has 2 heterocycles. The van der Waals surface area contributed by atoms with Crippen molar-refractivity contribution in [1.82, 2.24) is 20.5 Å². The van der Waals surface area contributed by atoms with Gasteiger partial charge >= 0.3 is 0 Å². The zero-order chi connectivity index (χ0) is 13.8. The topological polar surface area (TPSA) is 93.8 Å². The van der Waals surface area contributed by atoms with E-state index in [1.165, 1.54) is 11.3 Å². The van der Waals surface area contributed by atoms with Crippen LogP contribution in [0.5, 0.6) is 0 Å². The van der Waals surface area contributed by atoms with Crippen LogP contribution < -0.4 is 11.1 Å². The summed E-state index contributed by atoms with van der Waals surface area (Å²) in [4.78, 5) is 15.9. The fraction of sp³-hybridized carbons (Fsp3) is 0.333. The van der Waals surface area contributed by atoms with Gasteiger partial charge in [0, 0.05) is 24.2 Å². The largest absolute Gasteiger partial charge is 0.383 e. The van der Waals surface area contributed by atoms with Crippen molar-refractivity contribution >= 4 is 23.1 Å². The number of nitrogen functional groups attached to an aromatic ring is 1. The molecular weight excluding hydrogens is 262 g/mol. The molecule has 2 aromatic heterocycles. The SMILES string of the molecule is CC(C)c1nnc(C(=O)NCc2cccnc2N)s1. The maximum absolute atomic E-state index is 11.9. The Morgan fingerprint density at radius 3 is 2.89 bits per heavy atom. The lowest BCUT2D eigenvalue weighted by Crippen LogP contribution is -2.23.